The van der Waals surface area contributed by atoms with E-state index >= 15 is 0 Å². The first-order valence-corrected chi connectivity index (χ1v) is 11.0. The van der Waals surface area contributed by atoms with Crippen molar-refractivity contribution in [3.05, 3.63) is 33.7 Å². The first-order chi connectivity index (χ1) is 13.7. The van der Waals surface area contributed by atoms with Gasteiger partial charge in [0.15, 0.2) is 0 Å². The maximum absolute atomic E-state index is 12.5. The summed E-state index contributed by atoms with van der Waals surface area (Å²) in [7, 11) is 0. The molecule has 4 heterocycles. The second kappa shape index (κ2) is 9.15. The molecule has 0 saturated carbocycles. The molecule has 4 rings (SSSR count). The van der Waals surface area contributed by atoms with Gasteiger partial charge in [-0.15, -0.1) is 21.5 Å². The Morgan fingerprint density at radius 3 is 2.86 bits per heavy atom. The number of piperidine rings is 1. The number of aryl methyl sites for hydroxylation is 1. The van der Waals surface area contributed by atoms with Crippen LogP contribution in [0, 0.1) is 6.92 Å². The average Bonchev–Trinajstić information content (AvgIpc) is 3.37. The van der Waals surface area contributed by atoms with E-state index in [-0.39, 0.29) is 11.9 Å². The molecule has 2 aromatic rings. The average molecular weight is 405 g/mol. The number of thiophene rings is 1. The molecule has 1 N–H and O–H groups in total. The lowest BCUT2D eigenvalue weighted by molar-refractivity contribution is -0.123. The lowest BCUT2D eigenvalue weighted by Gasteiger charge is -2.32. The summed E-state index contributed by atoms with van der Waals surface area (Å²) < 4.78 is 11.5. The summed E-state index contributed by atoms with van der Waals surface area (Å²) in [6.45, 7) is 5.42. The van der Waals surface area contributed by atoms with E-state index in [9.17, 15) is 4.79 Å². The van der Waals surface area contributed by atoms with Gasteiger partial charge >= 0.3 is 0 Å². The number of nitrogens with one attached hydrogen (secondary N) is 1. The zero-order valence-corrected chi connectivity index (χ0v) is 17.2. The lowest BCUT2D eigenvalue weighted by atomic mass is 10.0. The maximum atomic E-state index is 12.5. The van der Waals surface area contributed by atoms with E-state index in [1.54, 1.807) is 11.3 Å². The summed E-state index contributed by atoms with van der Waals surface area (Å²) in [5.41, 5.74) is 1.23. The van der Waals surface area contributed by atoms with E-state index in [0.29, 0.717) is 24.9 Å². The number of amides is 1. The third-order valence-corrected chi connectivity index (χ3v) is 6.71. The van der Waals surface area contributed by atoms with Crippen LogP contribution >= 0.6 is 11.3 Å². The van der Waals surface area contributed by atoms with Gasteiger partial charge in [0.05, 0.1) is 19.1 Å². The summed E-state index contributed by atoms with van der Waals surface area (Å²) in [5, 5.41) is 13.8. The van der Waals surface area contributed by atoms with Crippen LogP contribution in [0.3, 0.4) is 0 Å². The van der Waals surface area contributed by atoms with E-state index < -0.39 is 0 Å². The molecule has 2 aliphatic rings. The van der Waals surface area contributed by atoms with E-state index in [2.05, 4.69) is 38.8 Å². The highest BCUT2D eigenvalue weighted by molar-refractivity contribution is 7.10. The highest BCUT2D eigenvalue weighted by Crippen LogP contribution is 2.32. The second-order valence-corrected chi connectivity index (χ2v) is 8.65. The summed E-state index contributed by atoms with van der Waals surface area (Å²) >= 11 is 1.68. The zero-order valence-electron chi connectivity index (χ0n) is 16.4. The van der Waals surface area contributed by atoms with Crippen molar-refractivity contribution in [2.45, 2.75) is 57.5 Å². The number of nitrogens with zero attached hydrogens (tertiary/aromatic N) is 3. The summed E-state index contributed by atoms with van der Waals surface area (Å²) in [6.07, 6.45) is 5.02. The SMILES string of the molecule is Cc1ccsc1CNC(=O)CN1CCCCC1c1nnc(C2CCOCC2)o1. The molecule has 1 amide bonds. The van der Waals surface area contributed by atoms with E-state index in [0.717, 1.165) is 57.8 Å². The molecule has 0 radical (unpaired) electrons. The Bertz CT molecular complexity index is 784. The van der Waals surface area contributed by atoms with Crippen LogP contribution in [0.15, 0.2) is 15.9 Å². The Morgan fingerprint density at radius 1 is 1.25 bits per heavy atom. The van der Waals surface area contributed by atoms with Gasteiger partial charge in [0, 0.05) is 24.0 Å². The Hall–Kier alpha value is -1.77. The van der Waals surface area contributed by atoms with Crippen LogP contribution in [-0.2, 0) is 16.1 Å². The normalized spacial score (nSPS) is 21.7. The van der Waals surface area contributed by atoms with Crippen LogP contribution in [0.5, 0.6) is 0 Å². The minimum absolute atomic E-state index is 0.0315. The fourth-order valence-corrected chi connectivity index (χ4v) is 4.80. The van der Waals surface area contributed by atoms with Gasteiger partial charge in [-0.3, -0.25) is 9.69 Å². The van der Waals surface area contributed by atoms with Gasteiger partial charge in [-0.25, -0.2) is 0 Å². The van der Waals surface area contributed by atoms with Crippen LogP contribution in [0.1, 0.15) is 66.3 Å². The van der Waals surface area contributed by atoms with Crippen molar-refractivity contribution in [2.24, 2.45) is 0 Å². The van der Waals surface area contributed by atoms with Gasteiger partial charge in [-0.1, -0.05) is 6.42 Å². The Balaban J connectivity index is 1.37. The third kappa shape index (κ3) is 4.61. The number of hydrogen-bond acceptors (Lipinski definition) is 7. The third-order valence-electron chi connectivity index (χ3n) is 5.69. The number of ether oxygens (including phenoxy) is 1. The monoisotopic (exact) mass is 404 g/mol. The van der Waals surface area contributed by atoms with Gasteiger partial charge in [0.25, 0.3) is 0 Å². The quantitative estimate of drug-likeness (QED) is 0.796. The molecule has 7 nitrogen and oxygen atoms in total. The van der Waals surface area contributed by atoms with Gasteiger partial charge in [-0.05, 0) is 56.2 Å². The Labute approximate surface area is 169 Å². The van der Waals surface area contributed by atoms with Crippen molar-refractivity contribution in [2.75, 3.05) is 26.3 Å². The molecule has 0 aromatic carbocycles. The Kier molecular flexibility index (Phi) is 6.39. The zero-order chi connectivity index (χ0) is 19.3. The minimum atomic E-state index is 0.0315. The predicted molar refractivity (Wildman–Crippen MR) is 106 cm³/mol. The number of hydrogen-bond donors (Lipinski definition) is 1. The summed E-state index contributed by atoms with van der Waals surface area (Å²) in [6, 6.07) is 2.11. The fraction of sp³-hybridized carbons (Fsp3) is 0.650. The first kappa shape index (κ1) is 19.5. The van der Waals surface area contributed by atoms with Crippen LogP contribution in [0.4, 0.5) is 0 Å². The molecule has 28 heavy (non-hydrogen) atoms. The standard InChI is InChI=1S/C20H28N4O3S/c1-14-7-11-28-17(14)12-21-18(25)13-24-8-3-2-4-16(24)20-23-22-19(27-20)15-5-9-26-10-6-15/h7,11,15-16H,2-6,8-10,12-13H2,1H3,(H,21,25). The highest BCUT2D eigenvalue weighted by atomic mass is 32.1. The van der Waals surface area contributed by atoms with Crippen molar-refractivity contribution in [3.63, 3.8) is 0 Å². The van der Waals surface area contributed by atoms with Crippen LogP contribution in [0.25, 0.3) is 0 Å². The molecule has 1 unspecified atom stereocenters. The molecule has 152 valence electrons. The first-order valence-electron chi connectivity index (χ1n) is 10.2. The number of carbonyl (C=O) groups is 1. The summed E-state index contributed by atoms with van der Waals surface area (Å²) in [5.74, 6) is 1.72. The smallest absolute Gasteiger partial charge is 0.234 e. The van der Waals surface area contributed by atoms with Gasteiger partial charge in [0.1, 0.15) is 0 Å². The fourth-order valence-electron chi connectivity index (χ4n) is 3.96. The van der Waals surface area contributed by atoms with E-state index in [1.165, 1.54) is 10.4 Å². The van der Waals surface area contributed by atoms with Crippen molar-refractivity contribution in [1.82, 2.24) is 20.4 Å². The van der Waals surface area contributed by atoms with Crippen molar-refractivity contribution < 1.29 is 13.9 Å². The van der Waals surface area contributed by atoms with Gasteiger partial charge in [-0.2, -0.15) is 0 Å². The van der Waals surface area contributed by atoms with Crippen LogP contribution in [-0.4, -0.2) is 47.3 Å². The molecular weight excluding hydrogens is 376 g/mol. The number of rotatable bonds is 6. The van der Waals surface area contributed by atoms with Crippen LogP contribution < -0.4 is 5.32 Å². The van der Waals surface area contributed by atoms with Gasteiger partial charge < -0.3 is 14.5 Å². The number of aromatic nitrogens is 2. The van der Waals surface area contributed by atoms with Crippen molar-refractivity contribution in [1.29, 1.82) is 0 Å². The largest absolute Gasteiger partial charge is 0.423 e. The van der Waals surface area contributed by atoms with Crippen molar-refractivity contribution in [3.8, 4) is 0 Å². The molecule has 1 atom stereocenters. The molecule has 0 aliphatic carbocycles. The van der Waals surface area contributed by atoms with E-state index in [1.807, 2.05) is 0 Å². The molecule has 0 spiro atoms. The topological polar surface area (TPSA) is 80.5 Å². The maximum Gasteiger partial charge on any atom is 0.234 e. The van der Waals surface area contributed by atoms with Crippen LogP contribution in [0.2, 0.25) is 0 Å². The molecule has 2 fully saturated rings. The lowest BCUT2D eigenvalue weighted by Crippen LogP contribution is -2.41. The molecule has 2 aromatic heterocycles. The molecular formula is C20H28N4O3S. The number of likely N-dealkylation sites (tertiary alicyclic amines) is 1. The Morgan fingerprint density at radius 2 is 2.07 bits per heavy atom. The number of carbonyl (C=O) groups excluding carboxylic acids is 1. The van der Waals surface area contributed by atoms with Gasteiger partial charge in [0.2, 0.25) is 17.7 Å². The predicted octanol–water partition coefficient (Wildman–Crippen LogP) is 3.18. The molecule has 2 aliphatic heterocycles. The highest BCUT2D eigenvalue weighted by Gasteiger charge is 2.31. The molecule has 2 saturated heterocycles. The second-order valence-electron chi connectivity index (χ2n) is 7.65. The summed E-state index contributed by atoms with van der Waals surface area (Å²) in [4.78, 5) is 15.9. The van der Waals surface area contributed by atoms with E-state index in [4.69, 9.17) is 9.15 Å². The molecule has 0 bridgehead atoms. The molecule has 8 heteroatoms. The minimum Gasteiger partial charge on any atom is -0.423 e. The van der Waals surface area contributed by atoms with Crippen molar-refractivity contribution >= 4 is 17.2 Å².